The van der Waals surface area contributed by atoms with E-state index in [1.807, 2.05) is 18.2 Å². The van der Waals surface area contributed by atoms with Gasteiger partial charge in [0.15, 0.2) is 0 Å². The zero-order valence-electron chi connectivity index (χ0n) is 23.4. The summed E-state index contributed by atoms with van der Waals surface area (Å²) in [5.74, 6) is 0. The van der Waals surface area contributed by atoms with E-state index in [1.165, 1.54) is 16.8 Å². The Bertz CT molecular complexity index is 1390. The molecule has 1 N–H and O–H groups in total. The maximum Gasteiger partial charge on any atom is 0.0464 e. The third-order valence-corrected chi connectivity index (χ3v) is 6.99. The topological polar surface area (TPSA) is 15.3 Å². The summed E-state index contributed by atoms with van der Waals surface area (Å²) < 4.78 is 0. The summed E-state index contributed by atoms with van der Waals surface area (Å²) in [5, 5.41) is 3.59. The van der Waals surface area contributed by atoms with E-state index in [0.717, 1.165) is 65.9 Å². The van der Waals surface area contributed by atoms with E-state index in [1.54, 1.807) is 0 Å². The standard InChI is InChI=1S/C37H40N2/c1-5-6-16-30(3)36-28-33(23-24-37(36)38-34-19-9-7-10-20-34)32-18-15-26-39(35-21-11-8-12-22-35)25-14-13-17-29(2)31(4)27-32/h6-12,15-16,18-24,26-28,38H,2-3,5,13-14,17,25H2,1,4H3/b16-6-,26-15?,31-27?,32-18+. The van der Waals surface area contributed by atoms with Gasteiger partial charge in [0, 0.05) is 35.4 Å². The molecule has 2 heteroatoms. The van der Waals surface area contributed by atoms with Crippen LogP contribution in [0.3, 0.4) is 0 Å². The molecule has 0 saturated carbocycles. The molecule has 0 spiro atoms. The van der Waals surface area contributed by atoms with Crippen molar-refractivity contribution in [2.75, 3.05) is 16.8 Å². The molecule has 0 aliphatic carbocycles. The van der Waals surface area contributed by atoms with Gasteiger partial charge in [-0.25, -0.2) is 0 Å². The van der Waals surface area contributed by atoms with E-state index in [2.05, 4.69) is 134 Å². The molecule has 3 aromatic rings. The van der Waals surface area contributed by atoms with Gasteiger partial charge in [-0.15, -0.1) is 0 Å². The van der Waals surface area contributed by atoms with Crippen molar-refractivity contribution < 1.29 is 0 Å². The Kier molecular flexibility index (Phi) is 9.97. The highest BCUT2D eigenvalue weighted by atomic mass is 15.1. The predicted molar refractivity (Wildman–Crippen MR) is 172 cm³/mol. The van der Waals surface area contributed by atoms with Gasteiger partial charge < -0.3 is 10.2 Å². The van der Waals surface area contributed by atoms with Crippen LogP contribution in [0.25, 0.3) is 11.1 Å². The molecule has 0 saturated heterocycles. The van der Waals surface area contributed by atoms with Crippen LogP contribution in [-0.4, -0.2) is 6.54 Å². The van der Waals surface area contributed by atoms with Crippen LogP contribution in [0.4, 0.5) is 17.1 Å². The first-order valence-corrected chi connectivity index (χ1v) is 13.9. The second-order valence-corrected chi connectivity index (χ2v) is 9.97. The second kappa shape index (κ2) is 14.0. The lowest BCUT2D eigenvalue weighted by atomic mass is 9.94. The Morgan fingerprint density at radius 3 is 2.46 bits per heavy atom. The van der Waals surface area contributed by atoms with Crippen molar-refractivity contribution in [3.05, 3.63) is 151 Å². The molecule has 0 aromatic heterocycles. The molecule has 0 amide bonds. The van der Waals surface area contributed by atoms with Crippen molar-refractivity contribution in [3.63, 3.8) is 0 Å². The van der Waals surface area contributed by atoms with Crippen molar-refractivity contribution >= 4 is 28.2 Å². The van der Waals surface area contributed by atoms with Crippen LogP contribution in [0, 0.1) is 0 Å². The fourth-order valence-electron chi connectivity index (χ4n) is 4.67. The molecule has 0 fully saturated rings. The van der Waals surface area contributed by atoms with Crippen LogP contribution < -0.4 is 10.2 Å². The number of rotatable bonds is 7. The number of nitrogens with zero attached hydrogens (tertiary/aromatic N) is 1. The van der Waals surface area contributed by atoms with Crippen LogP contribution in [0.15, 0.2) is 140 Å². The second-order valence-electron chi connectivity index (χ2n) is 9.97. The highest BCUT2D eigenvalue weighted by Crippen LogP contribution is 2.32. The zero-order valence-corrected chi connectivity index (χ0v) is 23.4. The Morgan fingerprint density at radius 1 is 0.974 bits per heavy atom. The van der Waals surface area contributed by atoms with Gasteiger partial charge in [-0.05, 0) is 97.4 Å². The minimum atomic E-state index is 0.970. The Labute approximate surface area is 235 Å². The summed E-state index contributed by atoms with van der Waals surface area (Å²) in [4.78, 5) is 2.34. The Morgan fingerprint density at radius 2 is 1.72 bits per heavy atom. The molecule has 3 aromatic carbocycles. The molecule has 0 radical (unpaired) electrons. The van der Waals surface area contributed by atoms with E-state index in [9.17, 15) is 0 Å². The van der Waals surface area contributed by atoms with Gasteiger partial charge in [0.1, 0.15) is 0 Å². The summed E-state index contributed by atoms with van der Waals surface area (Å²) in [6, 6.07) is 27.5. The number of anilines is 3. The monoisotopic (exact) mass is 512 g/mol. The van der Waals surface area contributed by atoms with Crippen LogP contribution in [0.2, 0.25) is 0 Å². The van der Waals surface area contributed by atoms with Gasteiger partial charge in [0.25, 0.3) is 0 Å². The lowest BCUT2D eigenvalue weighted by Crippen LogP contribution is -2.17. The zero-order chi connectivity index (χ0) is 27.5. The Balaban J connectivity index is 1.76. The highest BCUT2D eigenvalue weighted by molar-refractivity contribution is 5.87. The smallest absolute Gasteiger partial charge is 0.0464 e. The number of benzene rings is 3. The van der Waals surface area contributed by atoms with E-state index < -0.39 is 0 Å². The van der Waals surface area contributed by atoms with Crippen LogP contribution in [0.5, 0.6) is 0 Å². The summed E-state index contributed by atoms with van der Waals surface area (Å²) in [5.41, 5.74) is 10.1. The third-order valence-electron chi connectivity index (χ3n) is 6.99. The fraction of sp³-hybridized carbons (Fsp3) is 0.189. The van der Waals surface area contributed by atoms with Crippen LogP contribution in [-0.2, 0) is 0 Å². The highest BCUT2D eigenvalue weighted by Gasteiger charge is 2.11. The van der Waals surface area contributed by atoms with Crippen LogP contribution in [0.1, 0.15) is 50.7 Å². The van der Waals surface area contributed by atoms with E-state index in [0.29, 0.717) is 0 Å². The van der Waals surface area contributed by atoms with Gasteiger partial charge in [0.05, 0.1) is 0 Å². The van der Waals surface area contributed by atoms with E-state index in [4.69, 9.17) is 0 Å². The summed E-state index contributed by atoms with van der Waals surface area (Å²) in [7, 11) is 0. The van der Waals surface area contributed by atoms with Crippen molar-refractivity contribution in [3.8, 4) is 0 Å². The van der Waals surface area contributed by atoms with Gasteiger partial charge in [-0.3, -0.25) is 0 Å². The largest absolute Gasteiger partial charge is 0.355 e. The van der Waals surface area contributed by atoms with Gasteiger partial charge in [-0.2, -0.15) is 0 Å². The molecule has 198 valence electrons. The number of nitrogens with one attached hydrogen (secondary N) is 1. The maximum atomic E-state index is 4.41. The molecule has 1 heterocycles. The normalized spacial score (nSPS) is 16.2. The molecule has 1 aliphatic rings. The molecule has 2 nitrogen and oxygen atoms in total. The third kappa shape index (κ3) is 7.85. The summed E-state index contributed by atoms with van der Waals surface area (Å²) in [6.07, 6.45) is 17.3. The first-order chi connectivity index (χ1) is 19.0. The summed E-state index contributed by atoms with van der Waals surface area (Å²) in [6.45, 7) is 14.1. The van der Waals surface area contributed by atoms with Gasteiger partial charge >= 0.3 is 0 Å². The molecule has 39 heavy (non-hydrogen) atoms. The molecule has 0 atom stereocenters. The fourth-order valence-corrected chi connectivity index (χ4v) is 4.67. The predicted octanol–water partition coefficient (Wildman–Crippen LogP) is 10.5. The molecule has 1 aliphatic heterocycles. The number of hydrogen-bond acceptors (Lipinski definition) is 2. The number of hydrogen-bond donors (Lipinski definition) is 1. The van der Waals surface area contributed by atoms with Crippen LogP contribution >= 0.6 is 0 Å². The summed E-state index contributed by atoms with van der Waals surface area (Å²) >= 11 is 0. The Hall–Kier alpha value is -4.30. The maximum absolute atomic E-state index is 4.41. The van der Waals surface area contributed by atoms with E-state index >= 15 is 0 Å². The minimum absolute atomic E-state index is 0.970. The lowest BCUT2D eigenvalue weighted by molar-refractivity contribution is 0.729. The molecule has 0 bridgehead atoms. The van der Waals surface area contributed by atoms with Crippen molar-refractivity contribution in [2.45, 2.75) is 39.5 Å². The molecule has 0 unspecified atom stereocenters. The molecular formula is C37H40N2. The first kappa shape index (κ1) is 27.7. The number of allylic oxidation sites excluding steroid dienone is 9. The van der Waals surface area contributed by atoms with Crippen molar-refractivity contribution in [2.24, 2.45) is 0 Å². The average molecular weight is 513 g/mol. The van der Waals surface area contributed by atoms with Gasteiger partial charge in [-0.1, -0.05) is 92.4 Å². The van der Waals surface area contributed by atoms with E-state index in [-0.39, 0.29) is 0 Å². The molecular weight excluding hydrogens is 472 g/mol. The lowest BCUT2D eigenvalue weighted by Gasteiger charge is -2.21. The SMILES string of the molecule is C=C1CCCCN(c2ccccc2)C=C/C=C(/c2ccc(Nc3ccccc3)c(C(=C)/C=C\CC)c2)C=C1C. The first-order valence-electron chi connectivity index (χ1n) is 13.9. The van der Waals surface area contributed by atoms with Crippen molar-refractivity contribution in [1.29, 1.82) is 0 Å². The quantitative estimate of drug-likeness (QED) is 0.317. The van der Waals surface area contributed by atoms with Gasteiger partial charge in [0.2, 0.25) is 0 Å². The molecule has 4 rings (SSSR count). The minimum Gasteiger partial charge on any atom is -0.355 e. The van der Waals surface area contributed by atoms with Crippen molar-refractivity contribution in [1.82, 2.24) is 0 Å². The number of para-hydroxylation sites is 2. The average Bonchev–Trinajstić information content (AvgIpc) is 2.97.